The van der Waals surface area contributed by atoms with E-state index in [1.165, 1.54) is 0 Å². The molecule has 0 fully saturated rings. The van der Waals surface area contributed by atoms with Crippen molar-refractivity contribution in [3.8, 4) is 17.2 Å². The number of ether oxygens (including phenoxy) is 2. The second-order valence-electron chi connectivity index (χ2n) is 5.09. The van der Waals surface area contributed by atoms with Crippen LogP contribution in [0, 0.1) is 0 Å². The van der Waals surface area contributed by atoms with Gasteiger partial charge in [0.05, 0.1) is 0 Å². The highest BCUT2D eigenvalue weighted by atomic mass is 16.5. The zero-order valence-electron chi connectivity index (χ0n) is 13.0. The van der Waals surface area contributed by atoms with Gasteiger partial charge in [-0.1, -0.05) is 42.5 Å². The molecule has 4 nitrogen and oxygen atoms in total. The summed E-state index contributed by atoms with van der Waals surface area (Å²) in [6.07, 6.45) is 0. The molecule has 0 bridgehead atoms. The highest BCUT2D eigenvalue weighted by Gasteiger charge is 2.05. The van der Waals surface area contributed by atoms with Crippen LogP contribution in [0.15, 0.2) is 84.9 Å². The van der Waals surface area contributed by atoms with Gasteiger partial charge in [0, 0.05) is 11.8 Å². The van der Waals surface area contributed by atoms with Crippen LogP contribution in [-0.4, -0.2) is 12.5 Å². The van der Waals surface area contributed by atoms with E-state index in [2.05, 4.69) is 5.32 Å². The molecule has 0 saturated heterocycles. The lowest BCUT2D eigenvalue weighted by atomic mass is 10.3. The fraction of sp³-hybridized carbons (Fsp3) is 0.0500. The van der Waals surface area contributed by atoms with Crippen molar-refractivity contribution in [3.05, 3.63) is 84.9 Å². The first kappa shape index (κ1) is 15.6. The maximum absolute atomic E-state index is 11.9. The van der Waals surface area contributed by atoms with E-state index in [1.807, 2.05) is 72.8 Å². The monoisotopic (exact) mass is 319 g/mol. The zero-order valence-corrected chi connectivity index (χ0v) is 13.0. The Morgan fingerprint density at radius 2 is 1.38 bits per heavy atom. The van der Waals surface area contributed by atoms with E-state index in [1.54, 1.807) is 12.1 Å². The number of hydrogen-bond donors (Lipinski definition) is 1. The minimum atomic E-state index is -0.212. The Balaban J connectivity index is 1.55. The van der Waals surface area contributed by atoms with Gasteiger partial charge in [-0.3, -0.25) is 4.79 Å². The molecule has 3 rings (SSSR count). The number of benzene rings is 3. The van der Waals surface area contributed by atoms with E-state index in [0.29, 0.717) is 11.5 Å². The van der Waals surface area contributed by atoms with Gasteiger partial charge >= 0.3 is 0 Å². The molecule has 1 N–H and O–H groups in total. The Bertz CT molecular complexity index is 788. The average molecular weight is 319 g/mol. The van der Waals surface area contributed by atoms with Gasteiger partial charge in [-0.2, -0.15) is 0 Å². The summed E-state index contributed by atoms with van der Waals surface area (Å²) in [6, 6.07) is 26.0. The van der Waals surface area contributed by atoms with Crippen molar-refractivity contribution < 1.29 is 14.3 Å². The van der Waals surface area contributed by atoms with E-state index in [-0.39, 0.29) is 12.5 Å². The summed E-state index contributed by atoms with van der Waals surface area (Å²) in [4.78, 5) is 11.9. The third kappa shape index (κ3) is 4.61. The van der Waals surface area contributed by atoms with E-state index >= 15 is 0 Å². The predicted molar refractivity (Wildman–Crippen MR) is 93.5 cm³/mol. The van der Waals surface area contributed by atoms with Crippen molar-refractivity contribution in [2.24, 2.45) is 0 Å². The molecule has 1 amide bonds. The highest BCUT2D eigenvalue weighted by Crippen LogP contribution is 2.24. The molecule has 0 aliphatic rings. The smallest absolute Gasteiger partial charge is 0.262 e. The van der Waals surface area contributed by atoms with Crippen molar-refractivity contribution in [1.29, 1.82) is 0 Å². The number of para-hydroxylation sites is 2. The molecular formula is C20H17NO3. The van der Waals surface area contributed by atoms with Gasteiger partial charge in [-0.15, -0.1) is 0 Å². The predicted octanol–water partition coefficient (Wildman–Crippen LogP) is 4.50. The molecule has 3 aromatic rings. The van der Waals surface area contributed by atoms with Gasteiger partial charge in [-0.25, -0.2) is 0 Å². The lowest BCUT2D eigenvalue weighted by Gasteiger charge is -2.09. The van der Waals surface area contributed by atoms with Crippen molar-refractivity contribution in [3.63, 3.8) is 0 Å². The van der Waals surface area contributed by atoms with E-state index in [0.717, 1.165) is 11.4 Å². The Kier molecular flexibility index (Phi) is 5.10. The molecule has 120 valence electrons. The summed E-state index contributed by atoms with van der Waals surface area (Å²) < 4.78 is 11.3. The van der Waals surface area contributed by atoms with Gasteiger partial charge in [-0.05, 0) is 36.4 Å². The molecule has 0 aromatic heterocycles. The fourth-order valence-electron chi connectivity index (χ4n) is 2.12. The van der Waals surface area contributed by atoms with Crippen LogP contribution >= 0.6 is 0 Å². The molecule has 3 aromatic carbocycles. The Hall–Kier alpha value is -3.27. The largest absolute Gasteiger partial charge is 0.484 e. The minimum absolute atomic E-state index is 0.0658. The molecule has 0 aliphatic heterocycles. The van der Waals surface area contributed by atoms with E-state index in [9.17, 15) is 4.79 Å². The molecule has 0 heterocycles. The molecule has 0 spiro atoms. The number of carbonyl (C=O) groups is 1. The Morgan fingerprint density at radius 1 is 0.750 bits per heavy atom. The van der Waals surface area contributed by atoms with Crippen molar-refractivity contribution >= 4 is 11.6 Å². The SMILES string of the molecule is O=C(COc1cccc(Oc2ccccc2)c1)Nc1ccccc1. The number of carbonyl (C=O) groups excluding carboxylic acids is 1. The quantitative estimate of drug-likeness (QED) is 0.728. The second-order valence-corrected chi connectivity index (χ2v) is 5.09. The van der Waals surface area contributed by atoms with E-state index < -0.39 is 0 Å². The van der Waals surface area contributed by atoms with Crippen LogP contribution < -0.4 is 14.8 Å². The average Bonchev–Trinajstić information content (AvgIpc) is 2.62. The van der Waals surface area contributed by atoms with Crippen LogP contribution in [0.5, 0.6) is 17.2 Å². The summed E-state index contributed by atoms with van der Waals surface area (Å²) in [7, 11) is 0. The van der Waals surface area contributed by atoms with Crippen LogP contribution in [0.4, 0.5) is 5.69 Å². The van der Waals surface area contributed by atoms with Crippen molar-refractivity contribution in [1.82, 2.24) is 0 Å². The lowest BCUT2D eigenvalue weighted by molar-refractivity contribution is -0.118. The third-order valence-electron chi connectivity index (χ3n) is 3.21. The summed E-state index contributed by atoms with van der Waals surface area (Å²) in [6.45, 7) is -0.0658. The molecule has 0 radical (unpaired) electrons. The summed E-state index contributed by atoms with van der Waals surface area (Å²) in [5.74, 6) is 1.76. The first-order valence-electron chi connectivity index (χ1n) is 7.60. The zero-order chi connectivity index (χ0) is 16.6. The molecule has 0 atom stereocenters. The van der Waals surface area contributed by atoms with Crippen LogP contribution in [0.25, 0.3) is 0 Å². The van der Waals surface area contributed by atoms with Crippen molar-refractivity contribution in [2.75, 3.05) is 11.9 Å². The summed E-state index contributed by atoms with van der Waals surface area (Å²) in [5, 5.41) is 2.77. The minimum Gasteiger partial charge on any atom is -0.484 e. The number of hydrogen-bond acceptors (Lipinski definition) is 3. The maximum Gasteiger partial charge on any atom is 0.262 e. The van der Waals surface area contributed by atoms with Crippen LogP contribution in [0.1, 0.15) is 0 Å². The van der Waals surface area contributed by atoms with Gasteiger partial charge < -0.3 is 14.8 Å². The van der Waals surface area contributed by atoms with Gasteiger partial charge in [0.25, 0.3) is 5.91 Å². The highest BCUT2D eigenvalue weighted by molar-refractivity contribution is 5.91. The van der Waals surface area contributed by atoms with Gasteiger partial charge in [0.1, 0.15) is 17.2 Å². The number of amides is 1. The topological polar surface area (TPSA) is 47.6 Å². The van der Waals surface area contributed by atoms with Gasteiger partial charge in [0.15, 0.2) is 6.61 Å². The maximum atomic E-state index is 11.9. The molecular weight excluding hydrogens is 302 g/mol. The second kappa shape index (κ2) is 7.83. The Labute approximate surface area is 140 Å². The van der Waals surface area contributed by atoms with Crippen LogP contribution in [-0.2, 0) is 4.79 Å². The number of rotatable bonds is 6. The molecule has 24 heavy (non-hydrogen) atoms. The third-order valence-corrected chi connectivity index (χ3v) is 3.21. The normalized spacial score (nSPS) is 10.0. The van der Waals surface area contributed by atoms with E-state index in [4.69, 9.17) is 9.47 Å². The molecule has 4 heteroatoms. The first-order valence-corrected chi connectivity index (χ1v) is 7.60. The summed E-state index contributed by atoms with van der Waals surface area (Å²) >= 11 is 0. The number of anilines is 1. The van der Waals surface area contributed by atoms with Gasteiger partial charge in [0.2, 0.25) is 0 Å². The summed E-state index contributed by atoms with van der Waals surface area (Å²) in [5.41, 5.74) is 0.743. The molecule has 0 aliphatic carbocycles. The standard InChI is InChI=1S/C20H17NO3/c22-20(21-16-8-3-1-4-9-16)15-23-18-12-7-13-19(14-18)24-17-10-5-2-6-11-17/h1-14H,15H2,(H,21,22). The first-order chi connectivity index (χ1) is 11.8. The molecule has 0 unspecified atom stereocenters. The number of nitrogens with one attached hydrogen (secondary N) is 1. The van der Waals surface area contributed by atoms with Crippen LogP contribution in [0.3, 0.4) is 0 Å². The molecule has 0 saturated carbocycles. The fourth-order valence-corrected chi connectivity index (χ4v) is 2.12. The van der Waals surface area contributed by atoms with Crippen LogP contribution in [0.2, 0.25) is 0 Å². The Morgan fingerprint density at radius 3 is 2.12 bits per heavy atom. The lowest BCUT2D eigenvalue weighted by Crippen LogP contribution is -2.20. The van der Waals surface area contributed by atoms with Crippen molar-refractivity contribution in [2.45, 2.75) is 0 Å².